The normalized spacial score (nSPS) is 23.5. The van der Waals surface area contributed by atoms with Crippen molar-refractivity contribution in [3.8, 4) is 0 Å². The van der Waals surface area contributed by atoms with E-state index in [0.717, 1.165) is 61.1 Å². The summed E-state index contributed by atoms with van der Waals surface area (Å²) in [7, 11) is 0. The second-order valence-electron chi connectivity index (χ2n) is 9.32. The summed E-state index contributed by atoms with van der Waals surface area (Å²) in [6.07, 6.45) is 5.70. The van der Waals surface area contributed by atoms with Crippen LogP contribution in [0, 0.1) is 13.8 Å². The highest BCUT2D eigenvalue weighted by Crippen LogP contribution is 2.31. The van der Waals surface area contributed by atoms with Crippen molar-refractivity contribution >= 4 is 10.9 Å². The van der Waals surface area contributed by atoms with E-state index in [0.29, 0.717) is 11.6 Å². The number of likely N-dealkylation sites (tertiary alicyclic amines) is 1. The van der Waals surface area contributed by atoms with E-state index in [4.69, 9.17) is 0 Å². The Morgan fingerprint density at radius 3 is 2.55 bits per heavy atom. The summed E-state index contributed by atoms with van der Waals surface area (Å²) in [6.45, 7) is 5.72. The summed E-state index contributed by atoms with van der Waals surface area (Å²) in [5.41, 5.74) is 3.84. The van der Waals surface area contributed by atoms with Crippen LogP contribution in [-0.2, 0) is 0 Å². The molecule has 1 aliphatic carbocycles. The molecule has 8 heteroatoms. The molecule has 0 amide bonds. The van der Waals surface area contributed by atoms with Gasteiger partial charge in [0.05, 0.1) is 30.8 Å². The third kappa shape index (κ3) is 3.78. The topological polar surface area (TPSA) is 101 Å². The van der Waals surface area contributed by atoms with Crippen LogP contribution in [0.3, 0.4) is 0 Å². The number of rotatable bonds is 4. The average molecular weight is 424 g/mol. The molecule has 2 aromatic heterocycles. The Kier molecular flexibility index (Phi) is 5.35. The van der Waals surface area contributed by atoms with Crippen molar-refractivity contribution in [1.29, 1.82) is 0 Å². The fourth-order valence-corrected chi connectivity index (χ4v) is 5.31. The van der Waals surface area contributed by atoms with Gasteiger partial charge in [-0.2, -0.15) is 0 Å². The van der Waals surface area contributed by atoms with E-state index in [-0.39, 0.29) is 17.7 Å². The molecule has 2 fully saturated rings. The fraction of sp³-hybridized carbons (Fsp3) is 0.565. The number of H-pyrrole nitrogens is 1. The summed E-state index contributed by atoms with van der Waals surface area (Å²) in [6, 6.07) is 6.25. The molecule has 1 aliphatic heterocycles. The molecule has 0 spiro atoms. The van der Waals surface area contributed by atoms with Gasteiger partial charge >= 0.3 is 0 Å². The third-order valence-corrected chi connectivity index (χ3v) is 7.25. The monoisotopic (exact) mass is 423 g/mol. The molecule has 3 aromatic rings. The van der Waals surface area contributed by atoms with Crippen molar-refractivity contribution in [2.24, 2.45) is 0 Å². The van der Waals surface area contributed by atoms with Crippen molar-refractivity contribution in [1.82, 2.24) is 25.2 Å². The van der Waals surface area contributed by atoms with Gasteiger partial charge in [-0.3, -0.25) is 4.79 Å². The number of aliphatic hydroxyl groups is 1. The van der Waals surface area contributed by atoms with Gasteiger partial charge in [-0.15, -0.1) is 5.10 Å². The largest absolute Gasteiger partial charge is 0.393 e. The summed E-state index contributed by atoms with van der Waals surface area (Å²) in [5.74, 6) is 0.770. The Hall–Kier alpha value is -2.58. The molecule has 1 saturated heterocycles. The lowest BCUT2D eigenvalue weighted by molar-refractivity contribution is -0.932. The minimum atomic E-state index is -0.268. The van der Waals surface area contributed by atoms with Crippen LogP contribution in [0.15, 0.2) is 23.0 Å². The average Bonchev–Trinajstić information content (AvgIpc) is 3.43. The molecule has 1 saturated carbocycles. The summed E-state index contributed by atoms with van der Waals surface area (Å²) in [5, 5.41) is 23.9. The lowest BCUT2D eigenvalue weighted by atomic mass is 9.98. The maximum atomic E-state index is 13.3. The molecule has 5 rings (SSSR count). The highest BCUT2D eigenvalue weighted by molar-refractivity contribution is 5.80. The number of hydrogen-bond donors (Lipinski definition) is 3. The van der Waals surface area contributed by atoms with Crippen molar-refractivity contribution in [3.05, 3.63) is 51.1 Å². The van der Waals surface area contributed by atoms with Crippen LogP contribution >= 0.6 is 0 Å². The first-order valence-electron chi connectivity index (χ1n) is 11.5. The molecule has 0 bridgehead atoms. The Bertz CT molecular complexity index is 1140. The van der Waals surface area contributed by atoms with Crippen LogP contribution in [-0.4, -0.2) is 49.5 Å². The van der Waals surface area contributed by atoms with Crippen LogP contribution in [0.5, 0.6) is 0 Å². The Morgan fingerprint density at radius 2 is 1.81 bits per heavy atom. The highest BCUT2D eigenvalue weighted by atomic mass is 16.3. The minimum absolute atomic E-state index is 0.0830. The Balaban J connectivity index is 1.65. The van der Waals surface area contributed by atoms with Crippen LogP contribution in [0.2, 0.25) is 0 Å². The van der Waals surface area contributed by atoms with E-state index >= 15 is 0 Å². The zero-order chi connectivity index (χ0) is 21.5. The molecule has 3 N–H and O–H groups in total. The van der Waals surface area contributed by atoms with Crippen LogP contribution in [0.1, 0.15) is 73.1 Å². The van der Waals surface area contributed by atoms with Gasteiger partial charge in [0, 0.05) is 18.4 Å². The highest BCUT2D eigenvalue weighted by Gasteiger charge is 2.37. The van der Waals surface area contributed by atoms with E-state index in [1.807, 2.05) is 16.8 Å². The van der Waals surface area contributed by atoms with Gasteiger partial charge in [0.2, 0.25) is 5.82 Å². The predicted molar refractivity (Wildman–Crippen MR) is 117 cm³/mol. The molecule has 0 unspecified atom stereocenters. The third-order valence-electron chi connectivity index (χ3n) is 7.25. The lowest BCUT2D eigenvalue weighted by Gasteiger charge is -2.32. The summed E-state index contributed by atoms with van der Waals surface area (Å²) >= 11 is 0. The van der Waals surface area contributed by atoms with Gasteiger partial charge in [0.15, 0.2) is 6.04 Å². The minimum Gasteiger partial charge on any atom is -0.393 e. The number of aliphatic hydroxyl groups excluding tert-OH is 1. The SMILES string of the molecule is Cc1cc2cc([C@@H](c3nnnn3C3CCCC3)[NH+]3CCC(O)CC3)c(=O)[nH]c2cc1C. The number of aromatic amines is 1. The number of hydrogen-bond acceptors (Lipinski definition) is 5. The number of quaternary nitrogens is 1. The first-order chi connectivity index (χ1) is 15.0. The Morgan fingerprint density at radius 1 is 1.10 bits per heavy atom. The number of aromatic nitrogens is 5. The summed E-state index contributed by atoms with van der Waals surface area (Å²) < 4.78 is 1.97. The lowest BCUT2D eigenvalue weighted by Crippen LogP contribution is -3.14. The van der Waals surface area contributed by atoms with Crippen LogP contribution in [0.25, 0.3) is 10.9 Å². The molecule has 164 valence electrons. The van der Waals surface area contributed by atoms with Gasteiger partial charge in [0.25, 0.3) is 5.56 Å². The molecule has 2 aliphatic rings. The van der Waals surface area contributed by atoms with Crippen LogP contribution in [0.4, 0.5) is 0 Å². The molecule has 1 atom stereocenters. The predicted octanol–water partition coefficient (Wildman–Crippen LogP) is 1.38. The zero-order valence-electron chi connectivity index (χ0n) is 18.3. The van der Waals surface area contributed by atoms with Gasteiger partial charge in [-0.1, -0.05) is 12.8 Å². The number of nitrogens with one attached hydrogen (secondary N) is 2. The van der Waals surface area contributed by atoms with Crippen molar-refractivity contribution in [2.75, 3.05) is 13.1 Å². The van der Waals surface area contributed by atoms with Crippen molar-refractivity contribution in [3.63, 3.8) is 0 Å². The van der Waals surface area contributed by atoms with E-state index in [1.54, 1.807) is 0 Å². The molecular formula is C23H31N6O2+. The zero-order valence-corrected chi connectivity index (χ0v) is 18.3. The second kappa shape index (κ2) is 8.16. The standard InChI is InChI=1S/C23H30N6O2/c1-14-11-16-13-19(23(31)24-20(16)12-15(14)2)21(28-9-7-18(30)8-10-28)22-25-26-27-29(22)17-5-3-4-6-17/h11-13,17-18,21,30H,3-10H2,1-2H3,(H,24,31)/p+1/t21-/m0/s1. The molecule has 1 aromatic carbocycles. The van der Waals surface area contributed by atoms with Crippen LogP contribution < -0.4 is 10.5 Å². The van der Waals surface area contributed by atoms with Crippen molar-refractivity contribution < 1.29 is 10.0 Å². The van der Waals surface area contributed by atoms with E-state index < -0.39 is 0 Å². The fourth-order valence-electron chi connectivity index (χ4n) is 5.31. The number of nitrogens with zero attached hydrogens (tertiary/aromatic N) is 4. The first kappa shape index (κ1) is 20.3. The number of fused-ring (bicyclic) bond motifs is 1. The molecular weight excluding hydrogens is 392 g/mol. The number of benzene rings is 1. The number of pyridine rings is 1. The van der Waals surface area contributed by atoms with Gasteiger partial charge in [-0.05, 0) is 71.8 Å². The maximum Gasteiger partial charge on any atom is 0.258 e. The molecule has 31 heavy (non-hydrogen) atoms. The number of piperidine rings is 1. The second-order valence-corrected chi connectivity index (χ2v) is 9.32. The molecule has 8 nitrogen and oxygen atoms in total. The van der Waals surface area contributed by atoms with E-state index in [9.17, 15) is 9.90 Å². The van der Waals surface area contributed by atoms with E-state index in [2.05, 4.69) is 40.4 Å². The number of aryl methyl sites for hydroxylation is 2. The molecule has 3 heterocycles. The van der Waals surface area contributed by atoms with E-state index in [1.165, 1.54) is 23.3 Å². The smallest absolute Gasteiger partial charge is 0.258 e. The van der Waals surface area contributed by atoms with Gasteiger partial charge in [-0.25, -0.2) is 4.68 Å². The first-order valence-corrected chi connectivity index (χ1v) is 11.5. The Labute approximate surface area is 181 Å². The maximum absolute atomic E-state index is 13.3. The summed E-state index contributed by atoms with van der Waals surface area (Å²) in [4.78, 5) is 17.7. The molecule has 0 radical (unpaired) electrons. The number of tetrazole rings is 1. The quantitative estimate of drug-likeness (QED) is 0.589. The van der Waals surface area contributed by atoms with Crippen molar-refractivity contribution in [2.45, 2.75) is 70.6 Å². The van der Waals surface area contributed by atoms with Gasteiger partial charge in [0.1, 0.15) is 0 Å². The van der Waals surface area contributed by atoms with Gasteiger partial charge < -0.3 is 15.0 Å².